The molecule has 1 atom stereocenters. The fourth-order valence-corrected chi connectivity index (χ4v) is 3.49. The van der Waals surface area contributed by atoms with E-state index >= 15 is 0 Å². The first kappa shape index (κ1) is 14.5. The van der Waals surface area contributed by atoms with E-state index in [0.29, 0.717) is 6.04 Å². The van der Waals surface area contributed by atoms with E-state index in [1.807, 2.05) is 19.1 Å². The average molecular weight is 305 g/mol. The van der Waals surface area contributed by atoms with Gasteiger partial charge in [-0.2, -0.15) is 0 Å². The maximum absolute atomic E-state index is 12.9. The van der Waals surface area contributed by atoms with Gasteiger partial charge in [-0.15, -0.1) is 11.3 Å². The van der Waals surface area contributed by atoms with E-state index in [-0.39, 0.29) is 5.82 Å². The maximum atomic E-state index is 12.9. The first-order valence-electron chi connectivity index (χ1n) is 7.35. The third kappa shape index (κ3) is 3.80. The van der Waals surface area contributed by atoms with Crippen molar-refractivity contribution in [3.05, 3.63) is 46.2 Å². The Bertz CT molecular complexity index is 581. The van der Waals surface area contributed by atoms with Crippen LogP contribution >= 0.6 is 11.3 Å². The summed E-state index contributed by atoms with van der Waals surface area (Å²) in [6, 6.07) is 7.28. The van der Waals surface area contributed by atoms with Gasteiger partial charge in [0.1, 0.15) is 5.82 Å². The van der Waals surface area contributed by atoms with Crippen LogP contribution in [0.1, 0.15) is 17.1 Å². The summed E-state index contributed by atoms with van der Waals surface area (Å²) in [4.78, 5) is 6.79. The van der Waals surface area contributed by atoms with E-state index in [1.54, 1.807) is 11.3 Å². The molecule has 0 saturated carbocycles. The first-order valence-corrected chi connectivity index (χ1v) is 8.23. The van der Waals surface area contributed by atoms with Crippen LogP contribution in [-0.2, 0) is 6.42 Å². The highest BCUT2D eigenvalue weighted by Crippen LogP contribution is 2.20. The van der Waals surface area contributed by atoms with Crippen molar-refractivity contribution in [2.45, 2.75) is 25.8 Å². The van der Waals surface area contributed by atoms with Crippen molar-refractivity contribution < 1.29 is 4.39 Å². The summed E-state index contributed by atoms with van der Waals surface area (Å²) in [5, 5.41) is 6.90. The first-order chi connectivity index (χ1) is 10.2. The highest BCUT2D eigenvalue weighted by atomic mass is 32.1. The lowest BCUT2D eigenvalue weighted by Gasteiger charge is -2.19. The SMILES string of the molecule is Cc1csc(CCN[C@@H]2CCN(c3ccc(F)cc3)C2)n1. The molecule has 0 aliphatic carbocycles. The number of anilines is 1. The minimum atomic E-state index is -0.175. The third-order valence-corrected chi connectivity index (χ3v) is 4.84. The van der Waals surface area contributed by atoms with Gasteiger partial charge in [-0.25, -0.2) is 9.37 Å². The van der Waals surface area contributed by atoms with Crippen LogP contribution in [0.3, 0.4) is 0 Å². The predicted octanol–water partition coefficient (Wildman–Crippen LogP) is 3.00. The zero-order valence-electron chi connectivity index (χ0n) is 12.2. The molecule has 0 amide bonds. The number of hydrogen-bond acceptors (Lipinski definition) is 4. The molecule has 1 saturated heterocycles. The second-order valence-electron chi connectivity index (χ2n) is 5.49. The number of hydrogen-bond donors (Lipinski definition) is 1. The van der Waals surface area contributed by atoms with E-state index in [0.717, 1.165) is 43.9 Å². The quantitative estimate of drug-likeness (QED) is 0.920. The van der Waals surface area contributed by atoms with Gasteiger partial charge in [-0.05, 0) is 37.6 Å². The highest BCUT2D eigenvalue weighted by Gasteiger charge is 2.22. The molecular weight excluding hydrogens is 285 g/mol. The molecular formula is C16H20FN3S. The second-order valence-corrected chi connectivity index (χ2v) is 6.44. The number of nitrogens with zero attached hydrogens (tertiary/aromatic N) is 2. The van der Waals surface area contributed by atoms with E-state index in [1.165, 1.54) is 17.1 Å². The van der Waals surface area contributed by atoms with Gasteiger partial charge >= 0.3 is 0 Å². The molecule has 112 valence electrons. The molecule has 2 aromatic rings. The summed E-state index contributed by atoms with van der Waals surface area (Å²) in [6.07, 6.45) is 2.12. The van der Waals surface area contributed by atoms with Crippen LogP contribution < -0.4 is 10.2 Å². The monoisotopic (exact) mass is 305 g/mol. The number of benzene rings is 1. The van der Waals surface area contributed by atoms with Crippen LogP contribution in [-0.4, -0.2) is 30.7 Å². The fourth-order valence-electron chi connectivity index (χ4n) is 2.71. The summed E-state index contributed by atoms with van der Waals surface area (Å²) >= 11 is 1.73. The van der Waals surface area contributed by atoms with Crippen molar-refractivity contribution >= 4 is 17.0 Å². The van der Waals surface area contributed by atoms with Crippen molar-refractivity contribution in [2.75, 3.05) is 24.5 Å². The fraction of sp³-hybridized carbons (Fsp3) is 0.438. The largest absolute Gasteiger partial charge is 0.370 e. The van der Waals surface area contributed by atoms with Crippen LogP contribution in [0.25, 0.3) is 0 Å². The van der Waals surface area contributed by atoms with Crippen LogP contribution in [0.2, 0.25) is 0 Å². The molecule has 3 rings (SSSR count). The Kier molecular flexibility index (Phi) is 4.51. The number of rotatable bonds is 5. The molecule has 2 heterocycles. The molecule has 1 N–H and O–H groups in total. The molecule has 0 unspecified atom stereocenters. The molecule has 1 fully saturated rings. The number of nitrogens with one attached hydrogen (secondary N) is 1. The standard InChI is InChI=1S/C16H20FN3S/c1-12-11-21-16(19-12)6-8-18-14-7-9-20(10-14)15-4-2-13(17)3-5-15/h2-5,11,14,18H,6-10H2,1H3/t14-/m1/s1. The smallest absolute Gasteiger partial charge is 0.123 e. The van der Waals surface area contributed by atoms with Gasteiger partial charge in [0.05, 0.1) is 5.01 Å². The minimum absolute atomic E-state index is 0.175. The summed E-state index contributed by atoms with van der Waals surface area (Å²) in [7, 11) is 0. The normalized spacial score (nSPS) is 18.4. The van der Waals surface area contributed by atoms with Gasteiger partial charge in [0, 0.05) is 48.9 Å². The van der Waals surface area contributed by atoms with Crippen LogP contribution in [0.15, 0.2) is 29.6 Å². The van der Waals surface area contributed by atoms with Crippen molar-refractivity contribution in [1.29, 1.82) is 0 Å². The van der Waals surface area contributed by atoms with Crippen LogP contribution in [0.4, 0.5) is 10.1 Å². The summed E-state index contributed by atoms with van der Waals surface area (Å²) < 4.78 is 12.9. The molecule has 1 aliphatic rings. The molecule has 5 heteroatoms. The van der Waals surface area contributed by atoms with Gasteiger partial charge in [-0.3, -0.25) is 0 Å². The van der Waals surface area contributed by atoms with Crippen LogP contribution in [0, 0.1) is 12.7 Å². The van der Waals surface area contributed by atoms with Gasteiger partial charge in [0.15, 0.2) is 0 Å². The zero-order valence-corrected chi connectivity index (χ0v) is 13.0. The van der Waals surface area contributed by atoms with Gasteiger partial charge in [0.25, 0.3) is 0 Å². The third-order valence-electron chi connectivity index (χ3n) is 3.82. The molecule has 0 radical (unpaired) electrons. The van der Waals surface area contributed by atoms with Crippen molar-refractivity contribution in [1.82, 2.24) is 10.3 Å². The molecule has 1 aromatic heterocycles. The van der Waals surface area contributed by atoms with E-state index in [9.17, 15) is 4.39 Å². The number of aromatic nitrogens is 1. The molecule has 3 nitrogen and oxygen atoms in total. The molecule has 1 aliphatic heterocycles. The molecule has 21 heavy (non-hydrogen) atoms. The lowest BCUT2D eigenvalue weighted by molar-refractivity contribution is 0.554. The number of halogens is 1. The minimum Gasteiger partial charge on any atom is -0.370 e. The number of thiazole rings is 1. The Morgan fingerprint density at radius 2 is 2.19 bits per heavy atom. The van der Waals surface area contributed by atoms with Crippen molar-refractivity contribution in [3.8, 4) is 0 Å². The highest BCUT2D eigenvalue weighted by molar-refractivity contribution is 7.09. The molecule has 0 bridgehead atoms. The Morgan fingerprint density at radius 3 is 2.90 bits per heavy atom. The second kappa shape index (κ2) is 6.54. The molecule has 1 aromatic carbocycles. The summed E-state index contributed by atoms with van der Waals surface area (Å²) in [6.45, 7) is 5.02. The van der Waals surface area contributed by atoms with Crippen LogP contribution in [0.5, 0.6) is 0 Å². The molecule has 0 spiro atoms. The summed E-state index contributed by atoms with van der Waals surface area (Å²) in [5.74, 6) is -0.175. The zero-order chi connectivity index (χ0) is 14.7. The average Bonchev–Trinajstić information content (AvgIpc) is 3.09. The predicted molar refractivity (Wildman–Crippen MR) is 85.6 cm³/mol. The Morgan fingerprint density at radius 1 is 1.38 bits per heavy atom. The number of aryl methyl sites for hydroxylation is 1. The van der Waals surface area contributed by atoms with Gasteiger partial charge in [0.2, 0.25) is 0 Å². The topological polar surface area (TPSA) is 28.2 Å². The van der Waals surface area contributed by atoms with Gasteiger partial charge < -0.3 is 10.2 Å². The van der Waals surface area contributed by atoms with Crippen molar-refractivity contribution in [3.63, 3.8) is 0 Å². The Labute approximate surface area is 128 Å². The summed E-state index contributed by atoms with van der Waals surface area (Å²) in [5.41, 5.74) is 2.22. The maximum Gasteiger partial charge on any atom is 0.123 e. The Hall–Kier alpha value is -1.46. The Balaban J connectivity index is 1.45. The van der Waals surface area contributed by atoms with E-state index in [2.05, 4.69) is 20.6 Å². The lowest BCUT2D eigenvalue weighted by Crippen LogP contribution is -2.33. The van der Waals surface area contributed by atoms with E-state index < -0.39 is 0 Å². The van der Waals surface area contributed by atoms with E-state index in [4.69, 9.17) is 0 Å². The van der Waals surface area contributed by atoms with Crippen molar-refractivity contribution in [2.24, 2.45) is 0 Å². The van der Waals surface area contributed by atoms with Gasteiger partial charge in [-0.1, -0.05) is 0 Å². The lowest BCUT2D eigenvalue weighted by atomic mass is 10.2.